The summed E-state index contributed by atoms with van der Waals surface area (Å²) in [5.74, 6) is -0.812. The molecule has 7 heteroatoms. The van der Waals surface area contributed by atoms with Crippen LogP contribution >= 0.6 is 11.8 Å². The Morgan fingerprint density at radius 2 is 2.11 bits per heavy atom. The molecule has 0 saturated carbocycles. The van der Waals surface area contributed by atoms with Gasteiger partial charge in [-0.3, -0.25) is 14.9 Å². The highest BCUT2D eigenvalue weighted by atomic mass is 32.2. The van der Waals surface area contributed by atoms with Crippen LogP contribution in [0.5, 0.6) is 0 Å². The molecule has 4 N–H and O–H groups in total. The van der Waals surface area contributed by atoms with Gasteiger partial charge in [0, 0.05) is 11.3 Å². The van der Waals surface area contributed by atoms with Crippen molar-refractivity contribution in [2.45, 2.75) is 16.6 Å². The smallest absolute Gasteiger partial charge is 0.318 e. The molecule has 18 heavy (non-hydrogen) atoms. The fourth-order valence-corrected chi connectivity index (χ4v) is 2.69. The third-order valence-electron chi connectivity index (χ3n) is 2.34. The minimum atomic E-state index is -0.915. The molecule has 0 saturated heterocycles. The lowest BCUT2D eigenvalue weighted by atomic mass is 10.2. The third-order valence-corrected chi connectivity index (χ3v) is 3.62. The van der Waals surface area contributed by atoms with E-state index in [-0.39, 0.29) is 12.3 Å². The van der Waals surface area contributed by atoms with Crippen LogP contribution in [-0.4, -0.2) is 23.1 Å². The van der Waals surface area contributed by atoms with E-state index in [1.807, 2.05) is 23.5 Å². The highest BCUT2D eigenvalue weighted by Crippen LogP contribution is 2.36. The molecule has 1 atom stereocenters. The van der Waals surface area contributed by atoms with E-state index < -0.39 is 17.2 Å². The Balaban J connectivity index is 2.06. The van der Waals surface area contributed by atoms with Crippen LogP contribution in [0.25, 0.3) is 0 Å². The number of para-hydroxylation sites is 1. The summed E-state index contributed by atoms with van der Waals surface area (Å²) in [5.41, 5.74) is 5.57. The van der Waals surface area contributed by atoms with E-state index in [9.17, 15) is 14.4 Å². The van der Waals surface area contributed by atoms with Crippen LogP contribution in [-0.2, 0) is 9.59 Å². The van der Waals surface area contributed by atoms with Crippen molar-refractivity contribution < 1.29 is 14.4 Å². The number of primary amides is 1. The SMILES string of the molecule is NC(=O)NC(=O)CC1Sc2ccccc2NC1=O. The topological polar surface area (TPSA) is 101 Å². The van der Waals surface area contributed by atoms with Crippen molar-refractivity contribution in [1.29, 1.82) is 0 Å². The van der Waals surface area contributed by atoms with Crippen LogP contribution in [0.4, 0.5) is 10.5 Å². The van der Waals surface area contributed by atoms with Crippen LogP contribution in [0.1, 0.15) is 6.42 Å². The van der Waals surface area contributed by atoms with Crippen LogP contribution < -0.4 is 16.4 Å². The maximum Gasteiger partial charge on any atom is 0.318 e. The highest BCUT2D eigenvalue weighted by molar-refractivity contribution is 8.01. The number of hydrogen-bond donors (Lipinski definition) is 3. The summed E-state index contributed by atoms with van der Waals surface area (Å²) in [6.07, 6.45) is -0.0895. The van der Waals surface area contributed by atoms with Crippen molar-refractivity contribution >= 4 is 35.3 Å². The van der Waals surface area contributed by atoms with Gasteiger partial charge in [0.15, 0.2) is 0 Å². The predicted molar refractivity (Wildman–Crippen MR) is 67.1 cm³/mol. The Bertz CT molecular complexity index is 518. The fourth-order valence-electron chi connectivity index (χ4n) is 1.58. The number of urea groups is 1. The normalized spacial score (nSPS) is 17.6. The number of carbonyl (C=O) groups excluding carboxylic acids is 3. The zero-order valence-electron chi connectivity index (χ0n) is 9.30. The van der Waals surface area contributed by atoms with Crippen LogP contribution in [0.2, 0.25) is 0 Å². The minimum absolute atomic E-state index is 0.0895. The lowest BCUT2D eigenvalue weighted by Crippen LogP contribution is -2.39. The number of benzene rings is 1. The average Bonchev–Trinajstić information content (AvgIpc) is 2.29. The van der Waals surface area contributed by atoms with Gasteiger partial charge in [-0.15, -0.1) is 11.8 Å². The molecule has 4 amide bonds. The summed E-state index contributed by atoms with van der Waals surface area (Å²) in [6, 6.07) is 6.41. The van der Waals surface area contributed by atoms with Crippen molar-refractivity contribution in [1.82, 2.24) is 5.32 Å². The van der Waals surface area contributed by atoms with Gasteiger partial charge in [-0.25, -0.2) is 4.79 Å². The molecule has 1 aromatic rings. The van der Waals surface area contributed by atoms with E-state index in [0.717, 1.165) is 10.6 Å². The molecule has 1 unspecified atom stereocenters. The molecule has 0 bridgehead atoms. The van der Waals surface area contributed by atoms with Gasteiger partial charge in [0.05, 0.1) is 10.9 Å². The van der Waals surface area contributed by atoms with E-state index in [1.165, 1.54) is 11.8 Å². The van der Waals surface area contributed by atoms with E-state index >= 15 is 0 Å². The Labute approximate surface area is 107 Å². The molecule has 94 valence electrons. The second-order valence-electron chi connectivity index (χ2n) is 3.71. The minimum Gasteiger partial charge on any atom is -0.351 e. The number of fused-ring (bicyclic) bond motifs is 1. The number of carbonyl (C=O) groups is 3. The number of thioether (sulfide) groups is 1. The number of imide groups is 1. The van der Waals surface area contributed by atoms with Crippen molar-refractivity contribution in [3.8, 4) is 0 Å². The van der Waals surface area contributed by atoms with Gasteiger partial charge in [-0.1, -0.05) is 12.1 Å². The van der Waals surface area contributed by atoms with Gasteiger partial charge < -0.3 is 11.1 Å². The number of nitrogens with one attached hydrogen (secondary N) is 2. The zero-order chi connectivity index (χ0) is 13.1. The van der Waals surface area contributed by atoms with Crippen molar-refractivity contribution in [2.75, 3.05) is 5.32 Å². The number of rotatable bonds is 2. The number of hydrogen-bond acceptors (Lipinski definition) is 4. The van der Waals surface area contributed by atoms with Gasteiger partial charge in [0.2, 0.25) is 11.8 Å². The lowest BCUT2D eigenvalue weighted by Gasteiger charge is -2.23. The highest BCUT2D eigenvalue weighted by Gasteiger charge is 2.28. The standard InChI is InChI=1S/C11H11N3O3S/c12-11(17)14-9(15)5-8-10(16)13-6-3-1-2-4-7(6)18-8/h1-4,8H,5H2,(H,13,16)(H3,12,14,15,17). The molecular weight excluding hydrogens is 254 g/mol. The second-order valence-corrected chi connectivity index (χ2v) is 4.95. The summed E-state index contributed by atoms with van der Waals surface area (Å²) in [4.78, 5) is 34.5. The van der Waals surface area contributed by atoms with Gasteiger partial charge in [-0.05, 0) is 12.1 Å². The summed E-state index contributed by atoms with van der Waals surface area (Å²) in [7, 11) is 0. The van der Waals surface area contributed by atoms with Crippen LogP contribution in [0.15, 0.2) is 29.2 Å². The molecular formula is C11H11N3O3S. The molecule has 1 aromatic carbocycles. The molecule has 1 aliphatic rings. The van der Waals surface area contributed by atoms with E-state index in [2.05, 4.69) is 5.32 Å². The van der Waals surface area contributed by atoms with Crippen molar-refractivity contribution in [3.05, 3.63) is 24.3 Å². The third kappa shape index (κ3) is 2.80. The molecule has 0 fully saturated rings. The number of anilines is 1. The van der Waals surface area contributed by atoms with E-state index in [1.54, 1.807) is 6.07 Å². The molecule has 2 rings (SSSR count). The first-order valence-electron chi connectivity index (χ1n) is 5.22. The van der Waals surface area contributed by atoms with Crippen LogP contribution in [0.3, 0.4) is 0 Å². The second kappa shape index (κ2) is 5.09. The van der Waals surface area contributed by atoms with Gasteiger partial charge in [0.25, 0.3) is 0 Å². The van der Waals surface area contributed by atoms with Crippen molar-refractivity contribution in [2.24, 2.45) is 5.73 Å². The quantitative estimate of drug-likeness (QED) is 0.732. The molecule has 1 heterocycles. The molecule has 6 nitrogen and oxygen atoms in total. The summed E-state index contributed by atoms with van der Waals surface area (Å²) >= 11 is 1.30. The fraction of sp³-hybridized carbons (Fsp3) is 0.182. The van der Waals surface area contributed by atoms with Gasteiger partial charge in [-0.2, -0.15) is 0 Å². The van der Waals surface area contributed by atoms with Crippen molar-refractivity contribution in [3.63, 3.8) is 0 Å². The monoisotopic (exact) mass is 265 g/mol. The first kappa shape index (κ1) is 12.4. The van der Waals surface area contributed by atoms with E-state index in [4.69, 9.17) is 5.73 Å². The average molecular weight is 265 g/mol. The predicted octanol–water partition coefficient (Wildman–Crippen LogP) is 0.684. The molecule has 0 spiro atoms. The Kier molecular flexibility index (Phi) is 3.52. The zero-order valence-corrected chi connectivity index (χ0v) is 10.1. The Morgan fingerprint density at radius 1 is 1.39 bits per heavy atom. The maximum absolute atomic E-state index is 11.8. The molecule has 0 aromatic heterocycles. The Hall–Kier alpha value is -2.02. The molecule has 0 aliphatic carbocycles. The number of nitrogens with two attached hydrogens (primary N) is 1. The summed E-state index contributed by atoms with van der Waals surface area (Å²) in [6.45, 7) is 0. The molecule has 0 radical (unpaired) electrons. The first-order valence-corrected chi connectivity index (χ1v) is 6.10. The van der Waals surface area contributed by atoms with Gasteiger partial charge in [0.1, 0.15) is 0 Å². The Morgan fingerprint density at radius 3 is 2.83 bits per heavy atom. The lowest BCUT2D eigenvalue weighted by molar-refractivity contribution is -0.123. The number of amides is 4. The van der Waals surface area contributed by atoms with E-state index in [0.29, 0.717) is 0 Å². The first-order chi connectivity index (χ1) is 8.56. The maximum atomic E-state index is 11.8. The summed E-state index contributed by atoms with van der Waals surface area (Å²) < 4.78 is 0. The largest absolute Gasteiger partial charge is 0.351 e. The van der Waals surface area contributed by atoms with Crippen LogP contribution in [0, 0.1) is 0 Å². The molecule has 1 aliphatic heterocycles. The van der Waals surface area contributed by atoms with Gasteiger partial charge >= 0.3 is 6.03 Å². The summed E-state index contributed by atoms with van der Waals surface area (Å²) in [5, 5.41) is 4.10.